The Morgan fingerprint density at radius 1 is 1.35 bits per heavy atom. The summed E-state index contributed by atoms with van der Waals surface area (Å²) >= 11 is 1.44. The summed E-state index contributed by atoms with van der Waals surface area (Å²) in [4.78, 5) is 17.2. The molecule has 0 fully saturated rings. The van der Waals surface area contributed by atoms with Gasteiger partial charge in [-0.05, 0) is 30.4 Å². The van der Waals surface area contributed by atoms with Gasteiger partial charge in [-0.3, -0.25) is 9.78 Å². The van der Waals surface area contributed by atoms with Crippen LogP contribution in [-0.4, -0.2) is 10.8 Å². The van der Waals surface area contributed by atoms with Crippen molar-refractivity contribution in [3.05, 3.63) is 52.0 Å². The molecule has 0 amide bonds. The third-order valence-corrected chi connectivity index (χ3v) is 4.15. The van der Waals surface area contributed by atoms with Crippen LogP contribution in [0.4, 0.5) is 0 Å². The normalized spacial score (nSPS) is 18.7. The number of fused-ring (bicyclic) bond motifs is 1. The molecule has 17 heavy (non-hydrogen) atoms. The van der Waals surface area contributed by atoms with Crippen LogP contribution in [0, 0.1) is 0 Å². The topological polar surface area (TPSA) is 30.0 Å². The molecule has 0 N–H and O–H groups in total. The number of rotatable bonds is 2. The second kappa shape index (κ2) is 4.41. The fourth-order valence-electron chi connectivity index (χ4n) is 2.54. The number of hydrogen-bond donors (Lipinski definition) is 0. The molecule has 1 aliphatic carbocycles. The van der Waals surface area contributed by atoms with Crippen LogP contribution >= 0.6 is 11.3 Å². The highest BCUT2D eigenvalue weighted by molar-refractivity contribution is 7.11. The van der Waals surface area contributed by atoms with Gasteiger partial charge in [0.25, 0.3) is 0 Å². The average Bonchev–Trinajstić information content (AvgIpc) is 2.91. The molecule has 1 atom stereocenters. The van der Waals surface area contributed by atoms with E-state index in [9.17, 15) is 4.79 Å². The summed E-state index contributed by atoms with van der Waals surface area (Å²) in [7, 11) is 0. The molecule has 86 valence electrons. The number of hydrogen-bond acceptors (Lipinski definition) is 3. The minimum atomic E-state index is 0.0420. The van der Waals surface area contributed by atoms with Crippen LogP contribution in [0.2, 0.25) is 0 Å². The van der Waals surface area contributed by atoms with Crippen LogP contribution < -0.4 is 0 Å². The summed E-state index contributed by atoms with van der Waals surface area (Å²) in [5.74, 6) is 0.278. The van der Waals surface area contributed by atoms with Crippen molar-refractivity contribution in [2.75, 3.05) is 0 Å². The van der Waals surface area contributed by atoms with Crippen molar-refractivity contribution in [1.29, 1.82) is 0 Å². The van der Waals surface area contributed by atoms with Gasteiger partial charge in [-0.1, -0.05) is 24.3 Å². The molecule has 0 bridgehead atoms. The summed E-state index contributed by atoms with van der Waals surface area (Å²) in [6.45, 7) is 0. The van der Waals surface area contributed by atoms with Crippen LogP contribution in [0.5, 0.6) is 0 Å². The number of aryl methyl sites for hydroxylation is 1. The summed E-state index contributed by atoms with van der Waals surface area (Å²) in [5, 5.41) is 0. The van der Waals surface area contributed by atoms with E-state index in [2.05, 4.69) is 23.2 Å². The van der Waals surface area contributed by atoms with Crippen LogP contribution in [-0.2, 0) is 6.42 Å². The molecule has 1 aromatic carbocycles. The fourth-order valence-corrected chi connectivity index (χ4v) is 3.15. The highest BCUT2D eigenvalue weighted by atomic mass is 32.1. The molecule has 1 heterocycles. The summed E-state index contributed by atoms with van der Waals surface area (Å²) < 4.78 is 0. The van der Waals surface area contributed by atoms with Gasteiger partial charge in [-0.2, -0.15) is 0 Å². The lowest BCUT2D eigenvalue weighted by Crippen LogP contribution is -2.17. The maximum absolute atomic E-state index is 12.4. The number of Topliss-reactive ketones (excluding diaryl/α,β-unsaturated/α-hetero) is 1. The lowest BCUT2D eigenvalue weighted by Gasteiger charge is -2.23. The SMILES string of the molecule is O=C(c1cncs1)C1CCCc2ccccc21. The van der Waals surface area contributed by atoms with E-state index in [1.807, 2.05) is 6.07 Å². The lowest BCUT2D eigenvalue weighted by atomic mass is 9.80. The molecular formula is C14H13NOS. The van der Waals surface area contributed by atoms with E-state index < -0.39 is 0 Å². The van der Waals surface area contributed by atoms with E-state index in [1.54, 1.807) is 11.7 Å². The molecule has 1 aliphatic rings. The van der Waals surface area contributed by atoms with E-state index in [4.69, 9.17) is 0 Å². The fraction of sp³-hybridized carbons (Fsp3) is 0.286. The Hall–Kier alpha value is -1.48. The summed E-state index contributed by atoms with van der Waals surface area (Å²) in [6, 6.07) is 8.31. The first-order valence-electron chi connectivity index (χ1n) is 5.87. The highest BCUT2D eigenvalue weighted by Gasteiger charge is 2.27. The number of thiazole rings is 1. The number of nitrogens with zero attached hydrogens (tertiary/aromatic N) is 1. The van der Waals surface area contributed by atoms with Crippen LogP contribution in [0.15, 0.2) is 36.0 Å². The van der Waals surface area contributed by atoms with Crippen molar-refractivity contribution in [2.45, 2.75) is 25.2 Å². The van der Waals surface area contributed by atoms with Crippen LogP contribution in [0.3, 0.4) is 0 Å². The van der Waals surface area contributed by atoms with Crippen molar-refractivity contribution < 1.29 is 4.79 Å². The number of benzene rings is 1. The lowest BCUT2D eigenvalue weighted by molar-refractivity contribution is 0.0955. The zero-order valence-corrected chi connectivity index (χ0v) is 10.2. The minimum absolute atomic E-state index is 0.0420. The highest BCUT2D eigenvalue weighted by Crippen LogP contribution is 2.34. The second-order valence-corrected chi connectivity index (χ2v) is 5.26. The van der Waals surface area contributed by atoms with Gasteiger partial charge < -0.3 is 0 Å². The second-order valence-electron chi connectivity index (χ2n) is 4.37. The maximum Gasteiger partial charge on any atom is 0.181 e. The molecule has 1 aromatic heterocycles. The van der Waals surface area contributed by atoms with Crippen molar-refractivity contribution in [2.24, 2.45) is 0 Å². The third-order valence-electron chi connectivity index (χ3n) is 3.36. The standard InChI is InChI=1S/C14H13NOS/c16-14(13-8-15-9-17-13)12-7-3-5-10-4-1-2-6-11(10)12/h1-2,4,6,8-9,12H,3,5,7H2. The van der Waals surface area contributed by atoms with Crippen molar-refractivity contribution >= 4 is 17.1 Å². The van der Waals surface area contributed by atoms with Gasteiger partial charge in [0.2, 0.25) is 0 Å². The average molecular weight is 243 g/mol. The predicted octanol–water partition coefficient (Wildman–Crippen LogP) is 3.45. The first-order valence-corrected chi connectivity index (χ1v) is 6.75. The molecule has 0 radical (unpaired) electrons. The minimum Gasteiger partial charge on any atom is -0.293 e. The van der Waals surface area contributed by atoms with E-state index in [-0.39, 0.29) is 11.7 Å². The Morgan fingerprint density at radius 3 is 3.06 bits per heavy atom. The van der Waals surface area contributed by atoms with E-state index in [0.717, 1.165) is 24.1 Å². The number of carbonyl (C=O) groups excluding carboxylic acids is 1. The molecule has 2 nitrogen and oxygen atoms in total. The van der Waals surface area contributed by atoms with Crippen LogP contribution in [0.1, 0.15) is 39.6 Å². The van der Waals surface area contributed by atoms with Crippen LogP contribution in [0.25, 0.3) is 0 Å². The molecule has 2 aromatic rings. The van der Waals surface area contributed by atoms with E-state index in [1.165, 1.54) is 22.5 Å². The van der Waals surface area contributed by atoms with Gasteiger partial charge in [0.15, 0.2) is 5.78 Å². The van der Waals surface area contributed by atoms with Gasteiger partial charge in [0.1, 0.15) is 0 Å². The van der Waals surface area contributed by atoms with Gasteiger partial charge in [-0.25, -0.2) is 0 Å². The molecule has 0 aliphatic heterocycles. The zero-order chi connectivity index (χ0) is 11.7. The molecule has 1 unspecified atom stereocenters. The Kier molecular flexibility index (Phi) is 2.77. The Morgan fingerprint density at radius 2 is 2.24 bits per heavy atom. The monoisotopic (exact) mass is 243 g/mol. The first-order chi connectivity index (χ1) is 8.36. The van der Waals surface area contributed by atoms with Gasteiger partial charge in [0, 0.05) is 12.1 Å². The first kappa shape index (κ1) is 10.7. The number of carbonyl (C=O) groups is 1. The largest absolute Gasteiger partial charge is 0.293 e. The molecule has 0 saturated heterocycles. The van der Waals surface area contributed by atoms with Crippen molar-refractivity contribution in [3.63, 3.8) is 0 Å². The van der Waals surface area contributed by atoms with Crippen molar-refractivity contribution in [1.82, 2.24) is 4.98 Å². The van der Waals surface area contributed by atoms with Crippen molar-refractivity contribution in [3.8, 4) is 0 Å². The summed E-state index contributed by atoms with van der Waals surface area (Å²) in [6.07, 6.45) is 4.85. The smallest absolute Gasteiger partial charge is 0.181 e. The molecule has 0 spiro atoms. The quantitative estimate of drug-likeness (QED) is 0.756. The van der Waals surface area contributed by atoms with E-state index in [0.29, 0.717) is 0 Å². The van der Waals surface area contributed by atoms with Gasteiger partial charge >= 0.3 is 0 Å². The number of ketones is 1. The van der Waals surface area contributed by atoms with Gasteiger partial charge in [-0.15, -0.1) is 11.3 Å². The zero-order valence-electron chi connectivity index (χ0n) is 9.43. The molecule has 0 saturated carbocycles. The maximum atomic E-state index is 12.4. The molecule has 3 heteroatoms. The molecular weight excluding hydrogens is 230 g/mol. The third kappa shape index (κ3) is 1.91. The predicted molar refractivity (Wildman–Crippen MR) is 68.6 cm³/mol. The number of aromatic nitrogens is 1. The van der Waals surface area contributed by atoms with Gasteiger partial charge in [0.05, 0.1) is 10.4 Å². The Bertz CT molecular complexity index is 533. The summed E-state index contributed by atoms with van der Waals surface area (Å²) in [5.41, 5.74) is 4.28. The Balaban J connectivity index is 1.98. The van der Waals surface area contributed by atoms with E-state index >= 15 is 0 Å². The Labute approximate surface area is 104 Å². The molecule has 3 rings (SSSR count).